The molecule has 4 rings (SSSR count). The Morgan fingerprint density at radius 1 is 1.15 bits per heavy atom. The quantitative estimate of drug-likeness (QED) is 0.749. The number of pyridine rings is 1. The fourth-order valence-corrected chi connectivity index (χ4v) is 3.56. The minimum atomic E-state index is -0.307. The summed E-state index contributed by atoms with van der Waals surface area (Å²) in [5, 5.41) is 0.582. The SMILES string of the molecule is Cc1nc(N2CCN(C(=O)N3CCOc4cc(Cl)ccc43)CC2)ccc1F. The van der Waals surface area contributed by atoms with E-state index in [0.29, 0.717) is 55.8 Å². The molecule has 1 aromatic heterocycles. The standard InChI is InChI=1S/C19H20ClFN4O2/c1-13-15(21)3-5-18(22-13)23-6-8-24(9-7-23)19(26)25-10-11-27-17-12-14(20)2-4-16(17)25/h2-5,12H,6-11H2,1H3. The molecular weight excluding hydrogens is 371 g/mol. The van der Waals surface area contributed by atoms with Crippen molar-refractivity contribution in [3.05, 3.63) is 46.9 Å². The number of benzene rings is 1. The summed E-state index contributed by atoms with van der Waals surface area (Å²) < 4.78 is 19.1. The summed E-state index contributed by atoms with van der Waals surface area (Å²) in [7, 11) is 0. The topological polar surface area (TPSA) is 48.9 Å². The van der Waals surface area contributed by atoms with Crippen molar-refractivity contribution in [2.45, 2.75) is 6.92 Å². The number of anilines is 2. The van der Waals surface area contributed by atoms with Crippen molar-refractivity contribution in [3.63, 3.8) is 0 Å². The molecule has 8 heteroatoms. The molecule has 0 saturated carbocycles. The highest BCUT2D eigenvalue weighted by molar-refractivity contribution is 6.30. The lowest BCUT2D eigenvalue weighted by Crippen LogP contribution is -2.54. The van der Waals surface area contributed by atoms with Gasteiger partial charge in [-0.3, -0.25) is 4.90 Å². The van der Waals surface area contributed by atoms with E-state index in [1.807, 2.05) is 11.0 Å². The highest BCUT2D eigenvalue weighted by Gasteiger charge is 2.30. The summed E-state index contributed by atoms with van der Waals surface area (Å²) >= 11 is 6.02. The van der Waals surface area contributed by atoms with Gasteiger partial charge in [0.05, 0.1) is 17.9 Å². The van der Waals surface area contributed by atoms with Crippen LogP contribution in [0.2, 0.25) is 5.02 Å². The van der Waals surface area contributed by atoms with Crippen molar-refractivity contribution in [3.8, 4) is 5.75 Å². The Morgan fingerprint density at radius 2 is 1.93 bits per heavy atom. The minimum absolute atomic E-state index is 0.0373. The van der Waals surface area contributed by atoms with Crippen LogP contribution in [0.25, 0.3) is 0 Å². The molecule has 0 N–H and O–H groups in total. The average Bonchev–Trinajstić information content (AvgIpc) is 2.69. The average molecular weight is 391 g/mol. The number of nitrogens with zero attached hydrogens (tertiary/aromatic N) is 4. The zero-order chi connectivity index (χ0) is 19.0. The van der Waals surface area contributed by atoms with Crippen LogP contribution in [0.3, 0.4) is 0 Å². The second-order valence-corrected chi connectivity index (χ2v) is 7.04. The number of fused-ring (bicyclic) bond motifs is 1. The molecule has 142 valence electrons. The van der Waals surface area contributed by atoms with Crippen LogP contribution in [0.1, 0.15) is 5.69 Å². The number of amides is 2. The van der Waals surface area contributed by atoms with E-state index < -0.39 is 0 Å². The monoisotopic (exact) mass is 390 g/mol. The van der Waals surface area contributed by atoms with Crippen molar-refractivity contribution >= 4 is 29.1 Å². The molecule has 0 unspecified atom stereocenters. The summed E-state index contributed by atoms with van der Waals surface area (Å²) in [6, 6.07) is 8.39. The fraction of sp³-hybridized carbons (Fsp3) is 0.368. The number of urea groups is 1. The van der Waals surface area contributed by atoms with Gasteiger partial charge in [0.25, 0.3) is 0 Å². The van der Waals surface area contributed by atoms with Crippen LogP contribution in [-0.2, 0) is 0 Å². The largest absolute Gasteiger partial charge is 0.489 e. The molecule has 0 spiro atoms. The lowest BCUT2D eigenvalue weighted by Gasteiger charge is -2.39. The molecule has 0 bridgehead atoms. The van der Waals surface area contributed by atoms with Crippen molar-refractivity contribution in [1.82, 2.24) is 9.88 Å². The van der Waals surface area contributed by atoms with Gasteiger partial charge in [0.1, 0.15) is 24.0 Å². The Labute approximate surface area is 162 Å². The van der Waals surface area contributed by atoms with Gasteiger partial charge < -0.3 is 14.5 Å². The number of rotatable bonds is 1. The van der Waals surface area contributed by atoms with E-state index in [4.69, 9.17) is 16.3 Å². The van der Waals surface area contributed by atoms with Crippen LogP contribution in [0.15, 0.2) is 30.3 Å². The summed E-state index contributed by atoms with van der Waals surface area (Å²) in [4.78, 5) is 23.0. The maximum atomic E-state index is 13.4. The molecule has 2 amide bonds. The minimum Gasteiger partial charge on any atom is -0.489 e. The number of piperazine rings is 1. The molecule has 2 aliphatic heterocycles. The number of aryl methyl sites for hydroxylation is 1. The van der Waals surface area contributed by atoms with Crippen LogP contribution in [0, 0.1) is 12.7 Å². The van der Waals surface area contributed by atoms with Gasteiger partial charge in [-0.25, -0.2) is 14.2 Å². The zero-order valence-corrected chi connectivity index (χ0v) is 15.7. The van der Waals surface area contributed by atoms with Crippen molar-refractivity contribution in [1.29, 1.82) is 0 Å². The zero-order valence-electron chi connectivity index (χ0n) is 15.0. The lowest BCUT2D eigenvalue weighted by atomic mass is 10.2. The second kappa shape index (κ2) is 7.23. The summed E-state index contributed by atoms with van der Waals surface area (Å²) in [5.41, 5.74) is 1.13. The van der Waals surface area contributed by atoms with E-state index in [9.17, 15) is 9.18 Å². The van der Waals surface area contributed by atoms with Crippen LogP contribution in [0.4, 0.5) is 20.7 Å². The van der Waals surface area contributed by atoms with Crippen LogP contribution >= 0.6 is 11.6 Å². The first kappa shape index (κ1) is 17.9. The van der Waals surface area contributed by atoms with Gasteiger partial charge in [-0.15, -0.1) is 0 Å². The predicted octanol–water partition coefficient (Wildman–Crippen LogP) is 3.32. The molecule has 0 aliphatic carbocycles. The Morgan fingerprint density at radius 3 is 2.67 bits per heavy atom. The van der Waals surface area contributed by atoms with E-state index in [-0.39, 0.29) is 11.8 Å². The lowest BCUT2D eigenvalue weighted by molar-refractivity contribution is 0.196. The van der Waals surface area contributed by atoms with Gasteiger partial charge in [0.15, 0.2) is 0 Å². The predicted molar refractivity (Wildman–Crippen MR) is 102 cm³/mol. The number of halogens is 2. The Balaban J connectivity index is 1.44. The van der Waals surface area contributed by atoms with Gasteiger partial charge >= 0.3 is 6.03 Å². The van der Waals surface area contributed by atoms with Gasteiger partial charge in [-0.2, -0.15) is 0 Å². The van der Waals surface area contributed by atoms with E-state index in [1.165, 1.54) is 6.07 Å². The number of hydrogen-bond donors (Lipinski definition) is 0. The third-order valence-corrected chi connectivity index (χ3v) is 5.13. The number of carbonyl (C=O) groups is 1. The van der Waals surface area contributed by atoms with Crippen LogP contribution in [0.5, 0.6) is 5.75 Å². The van der Waals surface area contributed by atoms with E-state index >= 15 is 0 Å². The summed E-state index contributed by atoms with van der Waals surface area (Å²) in [6.07, 6.45) is 0. The van der Waals surface area contributed by atoms with Crippen molar-refractivity contribution in [2.24, 2.45) is 0 Å². The molecule has 27 heavy (non-hydrogen) atoms. The maximum Gasteiger partial charge on any atom is 0.324 e. The molecule has 2 aliphatic rings. The third kappa shape index (κ3) is 3.51. The molecule has 3 heterocycles. The van der Waals surface area contributed by atoms with Gasteiger partial charge in [0, 0.05) is 37.3 Å². The summed E-state index contributed by atoms with van der Waals surface area (Å²) in [5.74, 6) is 1.07. The smallest absolute Gasteiger partial charge is 0.324 e. The maximum absolute atomic E-state index is 13.4. The van der Waals surface area contributed by atoms with E-state index in [0.717, 1.165) is 11.5 Å². The van der Waals surface area contributed by atoms with Gasteiger partial charge in [-0.05, 0) is 31.2 Å². The number of hydrogen-bond acceptors (Lipinski definition) is 4. The Kier molecular flexibility index (Phi) is 4.78. The Bertz CT molecular complexity index is 871. The molecule has 1 fully saturated rings. The number of aromatic nitrogens is 1. The third-order valence-electron chi connectivity index (χ3n) is 4.90. The Hall–Kier alpha value is -2.54. The van der Waals surface area contributed by atoms with Gasteiger partial charge in [0.2, 0.25) is 0 Å². The van der Waals surface area contributed by atoms with Crippen LogP contribution < -0.4 is 14.5 Å². The molecule has 0 atom stereocenters. The molecule has 1 aromatic carbocycles. The van der Waals surface area contributed by atoms with E-state index in [2.05, 4.69) is 9.88 Å². The van der Waals surface area contributed by atoms with Crippen LogP contribution in [-0.4, -0.2) is 55.2 Å². The first-order valence-corrected chi connectivity index (χ1v) is 9.27. The first-order chi connectivity index (χ1) is 13.0. The fourth-order valence-electron chi connectivity index (χ4n) is 3.40. The van der Waals surface area contributed by atoms with Gasteiger partial charge in [-0.1, -0.05) is 11.6 Å². The number of carbonyl (C=O) groups excluding carboxylic acids is 1. The van der Waals surface area contributed by atoms with Crippen molar-refractivity contribution in [2.75, 3.05) is 49.1 Å². The molecule has 6 nitrogen and oxygen atoms in total. The highest BCUT2D eigenvalue weighted by atomic mass is 35.5. The molecule has 2 aromatic rings. The van der Waals surface area contributed by atoms with E-state index in [1.54, 1.807) is 30.0 Å². The summed E-state index contributed by atoms with van der Waals surface area (Å²) in [6.45, 7) is 5.07. The molecule has 1 saturated heterocycles. The first-order valence-electron chi connectivity index (χ1n) is 8.90. The second-order valence-electron chi connectivity index (χ2n) is 6.61. The molecule has 0 radical (unpaired) electrons. The normalized spacial score (nSPS) is 16.8. The van der Waals surface area contributed by atoms with Crippen molar-refractivity contribution < 1.29 is 13.9 Å². The highest BCUT2D eigenvalue weighted by Crippen LogP contribution is 2.34. The number of ether oxygens (including phenoxy) is 1. The molecular formula is C19H20ClFN4O2.